The summed E-state index contributed by atoms with van der Waals surface area (Å²) in [6.45, 7) is 7.92. The number of nitrogens with one attached hydrogen (secondary N) is 1. The lowest BCUT2D eigenvalue weighted by Crippen LogP contribution is -2.12. The lowest BCUT2D eigenvalue weighted by atomic mass is 10.0. The minimum absolute atomic E-state index is 0.0527. The molecule has 0 radical (unpaired) electrons. The highest BCUT2D eigenvalue weighted by Gasteiger charge is 2.10. The van der Waals surface area contributed by atoms with Gasteiger partial charge < -0.3 is 5.32 Å². The molecule has 15 heavy (non-hydrogen) atoms. The van der Waals surface area contributed by atoms with E-state index in [-0.39, 0.29) is 5.91 Å². The topological polar surface area (TPSA) is 29.1 Å². The second-order valence-corrected chi connectivity index (χ2v) is 4.52. The van der Waals surface area contributed by atoms with Crippen molar-refractivity contribution in [3.05, 3.63) is 27.2 Å². The molecule has 0 unspecified atom stereocenters. The standard InChI is InChI=1S/C12H16BrNO/c1-5-10(15)14-12-8(3)6-7(2)11(13)9(12)4/h6H,5H2,1-4H3,(H,14,15). The zero-order valence-corrected chi connectivity index (χ0v) is 11.2. The van der Waals surface area contributed by atoms with Gasteiger partial charge >= 0.3 is 0 Å². The Hall–Kier alpha value is -0.830. The highest BCUT2D eigenvalue weighted by molar-refractivity contribution is 9.10. The number of anilines is 1. The minimum atomic E-state index is 0.0527. The third kappa shape index (κ3) is 2.59. The molecule has 1 amide bonds. The zero-order valence-electron chi connectivity index (χ0n) is 9.57. The summed E-state index contributed by atoms with van der Waals surface area (Å²) >= 11 is 3.52. The predicted octanol–water partition coefficient (Wildman–Crippen LogP) is 3.72. The van der Waals surface area contributed by atoms with Crippen molar-refractivity contribution in [2.75, 3.05) is 5.32 Å². The van der Waals surface area contributed by atoms with Crippen LogP contribution in [0.2, 0.25) is 0 Å². The first kappa shape index (κ1) is 12.2. The van der Waals surface area contributed by atoms with Crippen molar-refractivity contribution >= 4 is 27.5 Å². The van der Waals surface area contributed by atoms with Crippen LogP contribution in [0.25, 0.3) is 0 Å². The van der Waals surface area contributed by atoms with E-state index < -0.39 is 0 Å². The smallest absolute Gasteiger partial charge is 0.224 e. The molecule has 0 aliphatic heterocycles. The Kier molecular flexibility index (Phi) is 3.91. The lowest BCUT2D eigenvalue weighted by molar-refractivity contribution is -0.115. The van der Waals surface area contributed by atoms with E-state index in [1.165, 1.54) is 5.56 Å². The van der Waals surface area contributed by atoms with Crippen LogP contribution in [0, 0.1) is 20.8 Å². The van der Waals surface area contributed by atoms with Crippen LogP contribution in [0.15, 0.2) is 10.5 Å². The van der Waals surface area contributed by atoms with Crippen molar-refractivity contribution in [2.24, 2.45) is 0 Å². The number of carbonyl (C=O) groups excluding carboxylic acids is 1. The van der Waals surface area contributed by atoms with Gasteiger partial charge in [-0.1, -0.05) is 28.9 Å². The molecule has 0 atom stereocenters. The highest BCUT2D eigenvalue weighted by Crippen LogP contribution is 2.30. The monoisotopic (exact) mass is 269 g/mol. The van der Waals surface area contributed by atoms with Crippen LogP contribution < -0.4 is 5.32 Å². The van der Waals surface area contributed by atoms with Crippen LogP contribution in [0.1, 0.15) is 30.0 Å². The van der Waals surface area contributed by atoms with Gasteiger partial charge in [0.05, 0.1) is 0 Å². The molecular formula is C12H16BrNO. The molecular weight excluding hydrogens is 254 g/mol. The third-order valence-electron chi connectivity index (χ3n) is 2.46. The Morgan fingerprint density at radius 1 is 1.33 bits per heavy atom. The van der Waals surface area contributed by atoms with Gasteiger partial charge in [0.1, 0.15) is 0 Å². The highest BCUT2D eigenvalue weighted by atomic mass is 79.9. The molecule has 0 saturated heterocycles. The van der Waals surface area contributed by atoms with E-state index in [1.807, 2.05) is 20.8 Å². The second-order valence-electron chi connectivity index (χ2n) is 3.73. The van der Waals surface area contributed by atoms with Crippen molar-refractivity contribution in [3.63, 3.8) is 0 Å². The van der Waals surface area contributed by atoms with Crippen LogP contribution in [0.5, 0.6) is 0 Å². The zero-order chi connectivity index (χ0) is 11.6. The van der Waals surface area contributed by atoms with Crippen LogP contribution in [0.4, 0.5) is 5.69 Å². The SMILES string of the molecule is CCC(=O)Nc1c(C)cc(C)c(Br)c1C. The molecule has 2 nitrogen and oxygen atoms in total. The van der Waals surface area contributed by atoms with Crippen molar-refractivity contribution in [2.45, 2.75) is 34.1 Å². The molecule has 0 spiro atoms. The third-order valence-corrected chi connectivity index (χ3v) is 3.68. The van der Waals surface area contributed by atoms with E-state index in [2.05, 4.69) is 34.2 Å². The largest absolute Gasteiger partial charge is 0.326 e. The average Bonchev–Trinajstić information content (AvgIpc) is 2.21. The van der Waals surface area contributed by atoms with E-state index in [1.54, 1.807) is 0 Å². The maximum absolute atomic E-state index is 11.4. The molecule has 0 fully saturated rings. The van der Waals surface area contributed by atoms with Crippen molar-refractivity contribution in [1.29, 1.82) is 0 Å². The van der Waals surface area contributed by atoms with Gasteiger partial charge in [-0.25, -0.2) is 0 Å². The summed E-state index contributed by atoms with van der Waals surface area (Å²) in [5.74, 6) is 0.0527. The molecule has 0 heterocycles. The summed E-state index contributed by atoms with van der Waals surface area (Å²) < 4.78 is 1.07. The molecule has 0 aliphatic rings. The normalized spacial score (nSPS) is 10.2. The summed E-state index contributed by atoms with van der Waals surface area (Å²) in [5.41, 5.74) is 4.32. The Bertz CT molecular complexity index is 399. The van der Waals surface area contributed by atoms with Gasteiger partial charge in [-0.3, -0.25) is 4.79 Å². The van der Waals surface area contributed by atoms with Gasteiger partial charge in [0.25, 0.3) is 0 Å². The molecule has 0 bridgehead atoms. The Morgan fingerprint density at radius 3 is 2.47 bits per heavy atom. The Balaban J connectivity index is 3.18. The molecule has 1 aromatic rings. The van der Waals surface area contributed by atoms with Crippen molar-refractivity contribution in [1.82, 2.24) is 0 Å². The summed E-state index contributed by atoms with van der Waals surface area (Å²) in [4.78, 5) is 11.4. The number of carbonyl (C=O) groups is 1. The molecule has 0 aromatic heterocycles. The van der Waals surface area contributed by atoms with Gasteiger partial charge in [0.2, 0.25) is 5.91 Å². The number of hydrogen-bond donors (Lipinski definition) is 1. The number of halogens is 1. The van der Waals surface area contributed by atoms with E-state index >= 15 is 0 Å². The van der Waals surface area contributed by atoms with Crippen molar-refractivity contribution in [3.8, 4) is 0 Å². The average molecular weight is 270 g/mol. The second kappa shape index (κ2) is 4.79. The molecule has 1 aromatic carbocycles. The number of hydrogen-bond acceptors (Lipinski definition) is 1. The molecule has 0 saturated carbocycles. The lowest BCUT2D eigenvalue weighted by Gasteiger charge is -2.14. The van der Waals surface area contributed by atoms with Gasteiger partial charge in [-0.05, 0) is 37.5 Å². The maximum Gasteiger partial charge on any atom is 0.224 e. The quantitative estimate of drug-likeness (QED) is 0.871. The van der Waals surface area contributed by atoms with E-state index in [0.29, 0.717) is 6.42 Å². The molecule has 3 heteroatoms. The fourth-order valence-electron chi connectivity index (χ4n) is 1.58. The fourth-order valence-corrected chi connectivity index (χ4v) is 1.89. The van der Waals surface area contributed by atoms with Gasteiger partial charge in [-0.15, -0.1) is 0 Å². The Morgan fingerprint density at radius 2 is 1.93 bits per heavy atom. The number of benzene rings is 1. The number of aryl methyl sites for hydroxylation is 2. The first-order valence-corrected chi connectivity index (χ1v) is 5.82. The molecule has 0 aliphatic carbocycles. The predicted molar refractivity (Wildman–Crippen MR) is 67.3 cm³/mol. The fraction of sp³-hybridized carbons (Fsp3) is 0.417. The van der Waals surface area contributed by atoms with Gasteiger partial charge in [0, 0.05) is 16.6 Å². The molecule has 1 N–H and O–H groups in total. The number of amides is 1. The van der Waals surface area contributed by atoms with E-state index in [9.17, 15) is 4.79 Å². The van der Waals surface area contributed by atoms with Crippen LogP contribution in [-0.2, 0) is 4.79 Å². The molecule has 82 valence electrons. The molecule has 1 rings (SSSR count). The first-order chi connectivity index (χ1) is 6.97. The summed E-state index contributed by atoms with van der Waals surface area (Å²) in [5, 5.41) is 2.93. The maximum atomic E-state index is 11.4. The minimum Gasteiger partial charge on any atom is -0.326 e. The van der Waals surface area contributed by atoms with Gasteiger partial charge in [-0.2, -0.15) is 0 Å². The number of rotatable bonds is 2. The van der Waals surface area contributed by atoms with E-state index in [0.717, 1.165) is 21.3 Å². The van der Waals surface area contributed by atoms with Crippen LogP contribution in [-0.4, -0.2) is 5.91 Å². The summed E-state index contributed by atoms with van der Waals surface area (Å²) in [7, 11) is 0. The first-order valence-electron chi connectivity index (χ1n) is 5.03. The summed E-state index contributed by atoms with van der Waals surface area (Å²) in [6.07, 6.45) is 0.504. The Labute approximate surface area is 99.2 Å². The van der Waals surface area contributed by atoms with E-state index in [4.69, 9.17) is 0 Å². The van der Waals surface area contributed by atoms with Crippen molar-refractivity contribution < 1.29 is 4.79 Å². The summed E-state index contributed by atoms with van der Waals surface area (Å²) in [6, 6.07) is 2.07. The van der Waals surface area contributed by atoms with Crippen LogP contribution in [0.3, 0.4) is 0 Å². The van der Waals surface area contributed by atoms with Gasteiger partial charge in [0.15, 0.2) is 0 Å². The van der Waals surface area contributed by atoms with Crippen LogP contribution >= 0.6 is 15.9 Å².